The standard InChI is InChI=1S/C8H16NO8PS/c10-2-5(12)8(15)4(11)1-6(13)9-7(14)3-18(16,17)19/h4-5,8,10-12,15H,1-3H2,(H,9,13,14)(H2,16,17,19)/t4-,5-,8+/m1/s1. The largest absolute Gasteiger partial charge is 0.394 e. The first kappa shape index (κ1) is 18.6. The van der Waals surface area contributed by atoms with Gasteiger partial charge in [0.1, 0.15) is 18.4 Å². The quantitative estimate of drug-likeness (QED) is 0.234. The zero-order valence-corrected chi connectivity index (χ0v) is 11.4. The van der Waals surface area contributed by atoms with Crippen molar-refractivity contribution in [1.82, 2.24) is 5.32 Å². The van der Waals surface area contributed by atoms with E-state index in [-0.39, 0.29) is 0 Å². The number of rotatable bonds is 7. The predicted molar refractivity (Wildman–Crippen MR) is 66.5 cm³/mol. The van der Waals surface area contributed by atoms with Gasteiger partial charge >= 0.3 is 0 Å². The Morgan fingerprint density at radius 2 is 1.63 bits per heavy atom. The second-order valence-electron chi connectivity index (χ2n) is 3.81. The average molecular weight is 317 g/mol. The first-order valence-corrected chi connectivity index (χ1v) is 7.98. The number of aliphatic hydroxyl groups excluding tert-OH is 4. The summed E-state index contributed by atoms with van der Waals surface area (Å²) in [6.07, 6.45) is -6.61. The van der Waals surface area contributed by atoms with Gasteiger partial charge in [-0.25, -0.2) is 0 Å². The fraction of sp³-hybridized carbons (Fsp3) is 0.750. The molecule has 19 heavy (non-hydrogen) atoms. The molecule has 0 spiro atoms. The summed E-state index contributed by atoms with van der Waals surface area (Å²) >= 11 is 4.19. The number of hydrogen-bond donors (Lipinski definition) is 7. The Balaban J connectivity index is 4.25. The molecule has 0 aliphatic rings. The number of nitrogens with one attached hydrogen (secondary N) is 1. The zero-order chi connectivity index (χ0) is 15.2. The molecule has 112 valence electrons. The van der Waals surface area contributed by atoms with Crippen LogP contribution in [0.15, 0.2) is 0 Å². The summed E-state index contributed by atoms with van der Waals surface area (Å²) in [4.78, 5) is 40.0. The third-order valence-corrected chi connectivity index (χ3v) is 3.08. The van der Waals surface area contributed by atoms with E-state index in [4.69, 9.17) is 20.0 Å². The van der Waals surface area contributed by atoms with Crippen molar-refractivity contribution in [3.8, 4) is 0 Å². The molecule has 11 heteroatoms. The van der Waals surface area contributed by atoms with Gasteiger partial charge in [-0.2, -0.15) is 0 Å². The summed E-state index contributed by atoms with van der Waals surface area (Å²) in [6, 6.07) is 0. The van der Waals surface area contributed by atoms with Crippen LogP contribution in [0.4, 0.5) is 0 Å². The van der Waals surface area contributed by atoms with Gasteiger partial charge in [0.25, 0.3) is 0 Å². The van der Waals surface area contributed by atoms with Crippen molar-refractivity contribution < 1.29 is 39.8 Å². The van der Waals surface area contributed by atoms with Crippen LogP contribution in [-0.2, 0) is 21.4 Å². The lowest BCUT2D eigenvalue weighted by atomic mass is 10.1. The van der Waals surface area contributed by atoms with Gasteiger partial charge in [0.05, 0.1) is 19.1 Å². The minimum Gasteiger partial charge on any atom is -0.394 e. The molecule has 0 aromatic heterocycles. The van der Waals surface area contributed by atoms with Crippen molar-refractivity contribution in [2.75, 3.05) is 12.8 Å². The van der Waals surface area contributed by atoms with E-state index in [2.05, 4.69) is 11.8 Å². The highest BCUT2D eigenvalue weighted by molar-refractivity contribution is 8.09. The van der Waals surface area contributed by atoms with Crippen molar-refractivity contribution in [3.63, 3.8) is 0 Å². The number of amides is 2. The first-order chi connectivity index (χ1) is 8.56. The van der Waals surface area contributed by atoms with Crippen LogP contribution in [0, 0.1) is 0 Å². The topological polar surface area (TPSA) is 168 Å². The molecule has 0 aliphatic carbocycles. The van der Waals surface area contributed by atoms with E-state index in [1.54, 1.807) is 5.32 Å². The zero-order valence-electron chi connectivity index (χ0n) is 9.71. The van der Waals surface area contributed by atoms with Gasteiger partial charge in [0, 0.05) is 0 Å². The molecule has 0 aliphatic heterocycles. The van der Waals surface area contributed by atoms with Crippen LogP contribution in [0.1, 0.15) is 6.42 Å². The number of hydrogen-bond acceptors (Lipinski definition) is 7. The Morgan fingerprint density at radius 1 is 1.11 bits per heavy atom. The number of carbonyl (C=O) groups excluding carboxylic acids is 2. The molecule has 0 rings (SSSR count). The Bertz CT molecular complexity index is 372. The molecule has 0 saturated heterocycles. The molecule has 3 atom stereocenters. The highest BCUT2D eigenvalue weighted by atomic mass is 32.5. The van der Waals surface area contributed by atoms with Crippen molar-refractivity contribution in [1.29, 1.82) is 0 Å². The highest BCUT2D eigenvalue weighted by Gasteiger charge is 2.27. The fourth-order valence-electron chi connectivity index (χ4n) is 1.11. The number of imide groups is 1. The highest BCUT2D eigenvalue weighted by Crippen LogP contribution is 2.33. The van der Waals surface area contributed by atoms with Crippen LogP contribution in [0.3, 0.4) is 0 Å². The monoisotopic (exact) mass is 317 g/mol. The summed E-state index contributed by atoms with van der Waals surface area (Å²) in [5, 5.41) is 37.8. The van der Waals surface area contributed by atoms with Gasteiger partial charge in [-0.15, -0.1) is 0 Å². The molecule has 0 bridgehead atoms. The molecule has 7 N–H and O–H groups in total. The van der Waals surface area contributed by atoms with Gasteiger partial charge in [-0.05, 0) is 11.8 Å². The van der Waals surface area contributed by atoms with Gasteiger partial charge in [0.2, 0.25) is 11.8 Å². The van der Waals surface area contributed by atoms with E-state index in [9.17, 15) is 19.8 Å². The van der Waals surface area contributed by atoms with Gasteiger partial charge in [-0.3, -0.25) is 14.9 Å². The smallest absolute Gasteiger partial charge is 0.236 e. The van der Waals surface area contributed by atoms with Crippen LogP contribution in [-0.4, -0.2) is 73.1 Å². The van der Waals surface area contributed by atoms with Gasteiger partial charge in [0.15, 0.2) is 6.49 Å². The molecule has 2 amide bonds. The van der Waals surface area contributed by atoms with Gasteiger partial charge < -0.3 is 30.2 Å². The maximum Gasteiger partial charge on any atom is 0.236 e. The fourth-order valence-corrected chi connectivity index (χ4v) is 1.91. The maximum atomic E-state index is 11.2. The molecule has 0 heterocycles. The molecule has 0 fully saturated rings. The van der Waals surface area contributed by atoms with E-state index in [0.29, 0.717) is 0 Å². The van der Waals surface area contributed by atoms with E-state index in [0.717, 1.165) is 0 Å². The van der Waals surface area contributed by atoms with E-state index in [1.807, 2.05) is 0 Å². The second kappa shape index (κ2) is 7.98. The van der Waals surface area contributed by atoms with Crippen molar-refractivity contribution >= 4 is 30.1 Å². The van der Waals surface area contributed by atoms with Crippen molar-refractivity contribution in [3.05, 3.63) is 0 Å². The van der Waals surface area contributed by atoms with Crippen molar-refractivity contribution in [2.24, 2.45) is 0 Å². The summed E-state index contributed by atoms with van der Waals surface area (Å²) < 4.78 is 0. The Labute approximate surface area is 113 Å². The lowest BCUT2D eigenvalue weighted by molar-refractivity contribution is -0.133. The van der Waals surface area contributed by atoms with Crippen LogP contribution in [0.25, 0.3) is 0 Å². The number of aliphatic hydroxyl groups is 4. The van der Waals surface area contributed by atoms with Gasteiger partial charge in [-0.1, -0.05) is 0 Å². The van der Waals surface area contributed by atoms with Crippen LogP contribution >= 0.6 is 6.49 Å². The van der Waals surface area contributed by atoms with E-state index < -0.39 is 55.8 Å². The molecule has 0 aromatic carbocycles. The molecular weight excluding hydrogens is 301 g/mol. The Morgan fingerprint density at radius 3 is 2.05 bits per heavy atom. The Kier molecular flexibility index (Phi) is 7.79. The minimum atomic E-state index is -3.77. The molecule has 0 saturated carbocycles. The second-order valence-corrected chi connectivity index (χ2v) is 7.21. The van der Waals surface area contributed by atoms with E-state index in [1.165, 1.54) is 0 Å². The van der Waals surface area contributed by atoms with Crippen LogP contribution < -0.4 is 5.32 Å². The third-order valence-electron chi connectivity index (χ3n) is 2.00. The lowest BCUT2D eigenvalue weighted by Crippen LogP contribution is -2.43. The van der Waals surface area contributed by atoms with E-state index >= 15 is 0 Å². The number of carbonyl (C=O) groups is 2. The van der Waals surface area contributed by atoms with Crippen LogP contribution in [0.2, 0.25) is 0 Å². The SMILES string of the molecule is O=C(C[C@@H](O)[C@H](O)[C@H](O)CO)NC(=O)CP(O)(O)=S. The Hall–Kier alpha value is -0.450. The first-order valence-electron chi connectivity index (χ1n) is 5.09. The summed E-state index contributed by atoms with van der Waals surface area (Å²) in [6.45, 7) is -4.58. The molecule has 0 aromatic rings. The molecular formula is C8H16NO8PS. The van der Waals surface area contributed by atoms with Crippen molar-refractivity contribution in [2.45, 2.75) is 24.7 Å². The minimum absolute atomic E-state index is 0.719. The summed E-state index contributed by atoms with van der Waals surface area (Å²) in [5.74, 6) is -2.02. The summed E-state index contributed by atoms with van der Waals surface area (Å²) in [5.41, 5.74) is 0. The third kappa shape index (κ3) is 8.35. The lowest BCUT2D eigenvalue weighted by Gasteiger charge is -2.20. The predicted octanol–water partition coefficient (Wildman–Crippen LogP) is -3.61. The molecule has 0 unspecified atom stereocenters. The molecule has 9 nitrogen and oxygen atoms in total. The summed E-state index contributed by atoms with van der Waals surface area (Å²) in [7, 11) is 0. The maximum absolute atomic E-state index is 11.2. The normalized spacial score (nSPS) is 16.5. The average Bonchev–Trinajstić information content (AvgIpc) is 2.23. The van der Waals surface area contributed by atoms with Crippen LogP contribution in [0.5, 0.6) is 0 Å². The molecule has 0 radical (unpaired) electrons.